The Kier molecular flexibility index (Phi) is 15.6. The largest absolute Gasteiger partial charge is 0.507 e. The van der Waals surface area contributed by atoms with Crippen LogP contribution in [0.5, 0.6) is 5.75 Å². The number of primary amides is 1. The summed E-state index contributed by atoms with van der Waals surface area (Å²) in [7, 11) is 1.64. The van der Waals surface area contributed by atoms with Gasteiger partial charge in [-0.25, -0.2) is 18.6 Å². The number of rotatable bonds is 20. The molecule has 6 amide bonds. The van der Waals surface area contributed by atoms with Crippen molar-refractivity contribution in [2.45, 2.75) is 31.8 Å². The van der Waals surface area contributed by atoms with Gasteiger partial charge in [0.1, 0.15) is 28.9 Å². The first-order valence-corrected chi connectivity index (χ1v) is 21.9. The molecule has 3 aromatic carbocycles. The first-order valence-electron chi connectivity index (χ1n) is 21.5. The topological polar surface area (TPSA) is 234 Å². The Labute approximate surface area is 383 Å². The van der Waals surface area contributed by atoms with E-state index in [1.54, 1.807) is 19.2 Å². The van der Waals surface area contributed by atoms with Crippen molar-refractivity contribution >= 4 is 69.6 Å². The van der Waals surface area contributed by atoms with Crippen molar-refractivity contribution in [3.8, 4) is 16.9 Å². The van der Waals surface area contributed by atoms with Gasteiger partial charge in [0.05, 0.1) is 50.2 Å². The lowest BCUT2D eigenvalue weighted by Gasteiger charge is -2.35. The van der Waals surface area contributed by atoms with E-state index in [-0.39, 0.29) is 90.8 Å². The number of aromatic hydroxyl groups is 1. The number of nitrogens with one attached hydrogen (secondary N) is 3. The molecule has 0 saturated carbocycles. The van der Waals surface area contributed by atoms with Gasteiger partial charge in [-0.2, -0.15) is 4.98 Å². The summed E-state index contributed by atoms with van der Waals surface area (Å²) in [6, 6.07) is 9.13. The van der Waals surface area contributed by atoms with Crippen molar-refractivity contribution in [1.82, 2.24) is 30.0 Å². The normalized spacial score (nSPS) is 16.2. The number of benzene rings is 3. The first-order chi connectivity index (χ1) is 31.8. The van der Waals surface area contributed by atoms with Gasteiger partial charge in [0, 0.05) is 100 Å². The number of carbonyl (C=O) groups excluding carboxylic acids is 5. The van der Waals surface area contributed by atoms with Gasteiger partial charge < -0.3 is 55.3 Å². The van der Waals surface area contributed by atoms with Gasteiger partial charge in [-0.1, -0.05) is 23.7 Å². The zero-order valence-corrected chi connectivity index (χ0v) is 37.0. The third-order valence-electron chi connectivity index (χ3n) is 11.5. The molecule has 4 aromatic rings. The van der Waals surface area contributed by atoms with Crippen molar-refractivity contribution in [2.75, 3.05) is 108 Å². The monoisotopic (exact) mass is 936 g/mol. The molecule has 7 rings (SSSR count). The van der Waals surface area contributed by atoms with Crippen molar-refractivity contribution < 1.29 is 52.1 Å². The van der Waals surface area contributed by atoms with Crippen LogP contribution in [0.3, 0.4) is 0 Å². The number of fused-ring (bicyclic) bond motifs is 2. The van der Waals surface area contributed by atoms with E-state index >= 15 is 4.39 Å². The fourth-order valence-corrected chi connectivity index (χ4v) is 8.26. The summed E-state index contributed by atoms with van der Waals surface area (Å²) in [5, 5.41) is 19.1. The number of carbonyl (C=O) groups is 5. The maximum absolute atomic E-state index is 16.4. The van der Waals surface area contributed by atoms with Gasteiger partial charge in [0.25, 0.3) is 5.91 Å². The SMILES string of the molecule is CN(CCOCCOCCOCCNc1cccc2c1CN(C1CCC(=O)NC1=O)C2=O)C(=O)CCNc1nc(N2CCN(C(N)=O)CC2)c2cc(Cl)c(-c3c(O)cccc3F)c(F)c2n1. The number of hydrogen-bond donors (Lipinski definition) is 5. The van der Waals surface area contributed by atoms with E-state index in [4.69, 9.17) is 31.5 Å². The molecule has 1 unspecified atom stereocenters. The van der Waals surface area contributed by atoms with Crippen LogP contribution in [0.15, 0.2) is 42.5 Å². The minimum Gasteiger partial charge on any atom is -0.507 e. The number of halogens is 3. The molecule has 0 aliphatic carbocycles. The van der Waals surface area contributed by atoms with Crippen molar-refractivity contribution in [3.63, 3.8) is 0 Å². The van der Waals surface area contributed by atoms with Crippen LogP contribution in [0.25, 0.3) is 22.0 Å². The van der Waals surface area contributed by atoms with Gasteiger partial charge >= 0.3 is 6.03 Å². The van der Waals surface area contributed by atoms with Crippen LogP contribution in [-0.2, 0) is 35.1 Å². The van der Waals surface area contributed by atoms with Gasteiger partial charge in [-0.05, 0) is 36.8 Å². The van der Waals surface area contributed by atoms with Crippen LogP contribution < -0.4 is 26.6 Å². The summed E-state index contributed by atoms with van der Waals surface area (Å²) in [5.74, 6) is -3.28. The standard InChI is InChI=1S/C44H51ClF2N10O9/c1-54(17-19-65-21-23-66-22-20-64-18-12-49-31-6-2-4-26-28(31)25-57(42(26)62)32-8-9-34(59)51-41(32)61)35(60)10-11-50-44-52-39-27(40(53-44)55-13-15-56(16-14-55)43(48)63)24-29(45)36(38(39)47)37-30(46)5-3-7-33(37)58/h2-7,24,32,49,58H,8-23,25H2,1H3,(H2,48,63)(H,50,52,53)(H,51,59,61). The minimum atomic E-state index is -0.976. The number of anilines is 3. The molecule has 2 fully saturated rings. The van der Waals surface area contributed by atoms with Crippen LogP contribution in [0.4, 0.5) is 31.0 Å². The number of likely N-dealkylation sites (N-methyl/N-ethyl adjacent to an activating group) is 1. The lowest BCUT2D eigenvalue weighted by Crippen LogP contribution is -2.52. The van der Waals surface area contributed by atoms with E-state index in [2.05, 4.69) is 25.9 Å². The number of hydrogen-bond acceptors (Lipinski definition) is 14. The Morgan fingerprint density at radius 3 is 2.36 bits per heavy atom. The zero-order valence-electron chi connectivity index (χ0n) is 36.2. The molecule has 0 bridgehead atoms. The summed E-state index contributed by atoms with van der Waals surface area (Å²) in [5.41, 5.74) is 6.60. The molecule has 352 valence electrons. The third-order valence-corrected chi connectivity index (χ3v) is 11.8. The number of phenolic OH excluding ortho intramolecular Hbond substituents is 1. The van der Waals surface area contributed by atoms with Gasteiger partial charge in [0.15, 0.2) is 5.82 Å². The molecule has 3 aliphatic rings. The van der Waals surface area contributed by atoms with Crippen LogP contribution in [0.1, 0.15) is 35.2 Å². The number of urea groups is 1. The molecule has 1 atom stereocenters. The predicted molar refractivity (Wildman–Crippen MR) is 239 cm³/mol. The number of aromatic nitrogens is 2. The highest BCUT2D eigenvalue weighted by atomic mass is 35.5. The van der Waals surface area contributed by atoms with Crippen LogP contribution in [0, 0.1) is 11.6 Å². The second-order valence-corrected chi connectivity index (χ2v) is 16.2. The summed E-state index contributed by atoms with van der Waals surface area (Å²) in [4.78, 5) is 77.1. The smallest absolute Gasteiger partial charge is 0.314 e. The highest BCUT2D eigenvalue weighted by Gasteiger charge is 2.40. The number of phenols is 1. The summed E-state index contributed by atoms with van der Waals surface area (Å²) in [6.45, 7) is 4.33. The number of piperidine rings is 1. The molecule has 66 heavy (non-hydrogen) atoms. The Hall–Kier alpha value is -6.42. The first kappa shape index (κ1) is 47.5. The molecular formula is C44H51ClF2N10O9. The van der Waals surface area contributed by atoms with Crippen LogP contribution >= 0.6 is 11.6 Å². The Morgan fingerprint density at radius 2 is 1.65 bits per heavy atom. The van der Waals surface area contributed by atoms with Crippen molar-refractivity contribution in [1.29, 1.82) is 0 Å². The second kappa shape index (κ2) is 21.7. The summed E-state index contributed by atoms with van der Waals surface area (Å²) in [6.07, 6.45) is 0.528. The van der Waals surface area contributed by atoms with Crippen molar-refractivity contribution in [2.24, 2.45) is 5.73 Å². The highest BCUT2D eigenvalue weighted by molar-refractivity contribution is 6.34. The average Bonchev–Trinajstić information content (AvgIpc) is 3.63. The molecule has 0 radical (unpaired) electrons. The van der Waals surface area contributed by atoms with E-state index in [9.17, 15) is 33.5 Å². The zero-order chi connectivity index (χ0) is 46.9. The number of imide groups is 1. The summed E-state index contributed by atoms with van der Waals surface area (Å²) < 4.78 is 48.2. The predicted octanol–water partition coefficient (Wildman–Crippen LogP) is 3.32. The number of nitrogens with two attached hydrogens (primary N) is 1. The summed E-state index contributed by atoms with van der Waals surface area (Å²) >= 11 is 6.54. The molecule has 19 nitrogen and oxygen atoms in total. The molecule has 3 aliphatic heterocycles. The van der Waals surface area contributed by atoms with Crippen molar-refractivity contribution in [3.05, 3.63) is 70.2 Å². The second-order valence-electron chi connectivity index (χ2n) is 15.7. The minimum absolute atomic E-state index is 0.00369. The fraction of sp³-hybridized carbons (Fsp3) is 0.432. The Balaban J connectivity index is 0.809. The van der Waals surface area contributed by atoms with E-state index < -0.39 is 40.9 Å². The number of ether oxygens (including phenoxy) is 3. The maximum atomic E-state index is 16.4. The van der Waals surface area contributed by atoms with E-state index in [0.717, 1.165) is 17.3 Å². The Bertz CT molecular complexity index is 2460. The van der Waals surface area contributed by atoms with Gasteiger partial charge in [-0.15, -0.1) is 0 Å². The molecular weight excluding hydrogens is 886 g/mol. The molecule has 0 spiro atoms. The average molecular weight is 937 g/mol. The lowest BCUT2D eigenvalue weighted by molar-refractivity contribution is -0.137. The number of piperazine rings is 1. The fourth-order valence-electron chi connectivity index (χ4n) is 7.98. The van der Waals surface area contributed by atoms with E-state index in [1.165, 1.54) is 32.9 Å². The van der Waals surface area contributed by atoms with Crippen LogP contribution in [0.2, 0.25) is 5.02 Å². The maximum Gasteiger partial charge on any atom is 0.314 e. The molecule has 22 heteroatoms. The number of amides is 6. The van der Waals surface area contributed by atoms with E-state index in [0.29, 0.717) is 77.0 Å². The van der Waals surface area contributed by atoms with Gasteiger partial charge in [0.2, 0.25) is 23.7 Å². The quantitative estimate of drug-likeness (QED) is 0.0633. The molecule has 2 saturated heterocycles. The van der Waals surface area contributed by atoms with E-state index in [1.807, 2.05) is 11.0 Å². The van der Waals surface area contributed by atoms with Crippen LogP contribution in [-0.4, -0.2) is 158 Å². The van der Waals surface area contributed by atoms with Gasteiger partial charge in [-0.3, -0.25) is 24.5 Å². The molecule has 1 aromatic heterocycles. The molecule has 4 heterocycles. The lowest BCUT2D eigenvalue weighted by atomic mass is 10.0. The Morgan fingerprint density at radius 1 is 0.939 bits per heavy atom. The number of nitrogens with zero attached hydrogens (tertiary/aromatic N) is 6. The third kappa shape index (κ3) is 11.0. The molecule has 6 N–H and O–H groups in total. The highest BCUT2D eigenvalue weighted by Crippen LogP contribution is 2.42.